The van der Waals surface area contributed by atoms with Gasteiger partial charge in [0.25, 0.3) is 0 Å². The first-order valence-electron chi connectivity index (χ1n) is 20.8. The van der Waals surface area contributed by atoms with Gasteiger partial charge >= 0.3 is 6.85 Å². The molecule has 0 amide bonds. The number of fused-ring (bicyclic) bond motifs is 14. The molecule has 0 spiro atoms. The molecular formula is C53H41BN2S2. The fourth-order valence-electron chi connectivity index (χ4n) is 11.2. The van der Waals surface area contributed by atoms with E-state index in [4.69, 9.17) is 0 Å². The molecule has 2 nitrogen and oxygen atoms in total. The van der Waals surface area contributed by atoms with Gasteiger partial charge in [0.2, 0.25) is 0 Å². The van der Waals surface area contributed by atoms with Gasteiger partial charge < -0.3 is 9.38 Å². The van der Waals surface area contributed by atoms with Crippen LogP contribution in [0.15, 0.2) is 133 Å². The highest BCUT2D eigenvalue weighted by molar-refractivity contribution is 7.28. The molecule has 0 saturated carbocycles. The first kappa shape index (κ1) is 33.4. The quantitative estimate of drug-likeness (QED) is 0.159. The van der Waals surface area contributed by atoms with Gasteiger partial charge in [0.1, 0.15) is 0 Å². The Kier molecular flexibility index (Phi) is 6.51. The second-order valence-corrected chi connectivity index (χ2v) is 20.4. The normalized spacial score (nSPS) is 16.1. The van der Waals surface area contributed by atoms with Crippen molar-refractivity contribution in [3.8, 4) is 22.3 Å². The first-order valence-corrected chi connectivity index (χ1v) is 22.4. The van der Waals surface area contributed by atoms with E-state index in [1.807, 2.05) is 22.7 Å². The maximum absolute atomic E-state index is 2.78. The number of para-hydroxylation sites is 1. The topological polar surface area (TPSA) is 8.17 Å². The third-order valence-electron chi connectivity index (χ3n) is 14.1. The van der Waals surface area contributed by atoms with Crippen molar-refractivity contribution in [2.75, 3.05) is 4.90 Å². The van der Waals surface area contributed by atoms with Crippen LogP contribution in [0.25, 0.3) is 73.6 Å². The molecule has 10 aromatic rings. The minimum atomic E-state index is -0.0148. The van der Waals surface area contributed by atoms with E-state index in [1.165, 1.54) is 131 Å². The lowest BCUT2D eigenvalue weighted by molar-refractivity contribution is 0.332. The third-order valence-corrected chi connectivity index (χ3v) is 16.6. The number of aromatic nitrogens is 1. The van der Waals surface area contributed by atoms with Crippen molar-refractivity contribution in [3.05, 3.63) is 150 Å². The average molecular weight is 781 g/mol. The van der Waals surface area contributed by atoms with E-state index in [-0.39, 0.29) is 17.7 Å². The van der Waals surface area contributed by atoms with Crippen LogP contribution in [-0.4, -0.2) is 11.3 Å². The minimum Gasteiger partial charge on any atom is -0.374 e. The first-order chi connectivity index (χ1) is 28.2. The average Bonchev–Trinajstić information content (AvgIpc) is 3.91. The van der Waals surface area contributed by atoms with Gasteiger partial charge in [-0.3, -0.25) is 0 Å². The lowest BCUT2D eigenvalue weighted by Gasteiger charge is -2.45. The SMILES string of the molecule is Cc1cc2c(cc1N1c3cc(-c4ccccc4)cc4c3B(c3c1ccc1c3sc3ccccc31)n1c3c-4cccc3c3sc4ccccc4c31)C(C)(C)CCC2(C)C. The van der Waals surface area contributed by atoms with Gasteiger partial charge in [0.15, 0.2) is 0 Å². The zero-order valence-corrected chi connectivity index (χ0v) is 35.0. The van der Waals surface area contributed by atoms with Crippen LogP contribution >= 0.6 is 22.7 Å². The van der Waals surface area contributed by atoms with Crippen molar-refractivity contribution in [1.29, 1.82) is 0 Å². The van der Waals surface area contributed by atoms with Crippen LogP contribution in [0.2, 0.25) is 0 Å². The number of hydrogen-bond donors (Lipinski definition) is 0. The molecule has 0 fully saturated rings. The van der Waals surface area contributed by atoms with Crippen LogP contribution in [0.1, 0.15) is 57.2 Å². The van der Waals surface area contributed by atoms with Gasteiger partial charge in [0.05, 0.1) is 10.2 Å². The molecular weight excluding hydrogens is 740 g/mol. The number of aryl methyl sites for hydroxylation is 1. The van der Waals surface area contributed by atoms with Crippen molar-refractivity contribution >= 4 is 109 Å². The fourth-order valence-corrected chi connectivity index (χ4v) is 13.6. The molecule has 0 saturated heterocycles. The Morgan fingerprint density at radius 1 is 0.500 bits per heavy atom. The summed E-state index contributed by atoms with van der Waals surface area (Å²) in [6.07, 6.45) is 2.38. The van der Waals surface area contributed by atoms with Crippen LogP contribution in [-0.2, 0) is 10.8 Å². The molecule has 7 aromatic carbocycles. The molecule has 0 bridgehead atoms. The predicted octanol–water partition coefficient (Wildman–Crippen LogP) is 14.1. The number of anilines is 3. The summed E-state index contributed by atoms with van der Waals surface area (Å²) in [5.41, 5.74) is 19.1. The Morgan fingerprint density at radius 3 is 1.97 bits per heavy atom. The summed E-state index contributed by atoms with van der Waals surface area (Å²) in [6.45, 7) is 12.2. The Labute approximate surface area is 347 Å². The molecule has 5 heteroatoms. The Morgan fingerprint density at radius 2 is 1.17 bits per heavy atom. The van der Waals surface area contributed by atoms with E-state index in [1.54, 1.807) is 0 Å². The number of thiophene rings is 2. The van der Waals surface area contributed by atoms with E-state index in [2.05, 4.69) is 177 Å². The van der Waals surface area contributed by atoms with Gasteiger partial charge in [-0.2, -0.15) is 0 Å². The van der Waals surface area contributed by atoms with Crippen LogP contribution in [0.5, 0.6) is 0 Å². The maximum atomic E-state index is 2.78. The lowest BCUT2D eigenvalue weighted by atomic mass is 9.44. The molecule has 278 valence electrons. The largest absolute Gasteiger partial charge is 0.374 e. The second-order valence-electron chi connectivity index (χ2n) is 18.3. The highest BCUT2D eigenvalue weighted by atomic mass is 32.1. The number of hydrogen-bond acceptors (Lipinski definition) is 3. The summed E-state index contributed by atoms with van der Waals surface area (Å²) in [5, 5.41) is 5.40. The van der Waals surface area contributed by atoms with Crippen LogP contribution < -0.4 is 15.8 Å². The summed E-state index contributed by atoms with van der Waals surface area (Å²) in [6, 6.07) is 51.2. The maximum Gasteiger partial charge on any atom is 0.334 e. The van der Waals surface area contributed by atoms with Gasteiger partial charge in [0, 0.05) is 63.8 Å². The van der Waals surface area contributed by atoms with Crippen LogP contribution in [0, 0.1) is 6.92 Å². The van der Waals surface area contributed by atoms with Gasteiger partial charge in [-0.05, 0) is 111 Å². The van der Waals surface area contributed by atoms with E-state index in [0.29, 0.717) is 0 Å². The fraction of sp³-hybridized carbons (Fsp3) is 0.170. The van der Waals surface area contributed by atoms with E-state index < -0.39 is 0 Å². The molecule has 0 atom stereocenters. The number of rotatable bonds is 2. The Balaban J connectivity index is 1.24. The van der Waals surface area contributed by atoms with Crippen molar-refractivity contribution in [2.24, 2.45) is 0 Å². The van der Waals surface area contributed by atoms with Crippen LogP contribution in [0.3, 0.4) is 0 Å². The molecule has 1 aliphatic carbocycles. The summed E-state index contributed by atoms with van der Waals surface area (Å²) in [4.78, 5) is 2.69. The van der Waals surface area contributed by atoms with Crippen molar-refractivity contribution in [3.63, 3.8) is 0 Å². The van der Waals surface area contributed by atoms with Crippen molar-refractivity contribution in [2.45, 2.75) is 58.3 Å². The zero-order chi connectivity index (χ0) is 38.8. The highest BCUT2D eigenvalue weighted by Crippen LogP contribution is 2.53. The van der Waals surface area contributed by atoms with E-state index in [0.717, 1.165) is 0 Å². The molecule has 0 radical (unpaired) electrons. The zero-order valence-electron chi connectivity index (χ0n) is 33.4. The minimum absolute atomic E-state index is 0.0148. The lowest BCUT2D eigenvalue weighted by Crippen LogP contribution is -2.57. The van der Waals surface area contributed by atoms with Crippen molar-refractivity contribution < 1.29 is 0 Å². The molecule has 58 heavy (non-hydrogen) atoms. The van der Waals surface area contributed by atoms with Gasteiger partial charge in [-0.25, -0.2) is 0 Å². The molecule has 13 rings (SSSR count). The molecule has 3 aliphatic rings. The second kappa shape index (κ2) is 11.3. The monoisotopic (exact) mass is 780 g/mol. The number of benzene rings is 7. The molecule has 3 aromatic heterocycles. The third kappa shape index (κ3) is 4.23. The summed E-state index contributed by atoms with van der Waals surface area (Å²) < 4.78 is 8.25. The highest BCUT2D eigenvalue weighted by Gasteiger charge is 2.46. The number of nitrogens with zero attached hydrogens (tertiary/aromatic N) is 2. The standard InChI is InChI=1S/C53H41BN2S2/c1-30-26-39-40(53(4,5)25-24-52(39,2)3)29-42(30)55-41-23-22-35-33-16-9-11-20-44(33)57-50(35)47(41)54-46-38(27-32(28-43(46)55)31-14-7-6-8-15-31)34-18-13-19-37-48(34)56(54)49-36-17-10-12-21-45(36)58-51(37)49/h6-23,26-29H,24-25H2,1-5H3. The van der Waals surface area contributed by atoms with E-state index >= 15 is 0 Å². The molecule has 0 unspecified atom stereocenters. The summed E-state index contributed by atoms with van der Waals surface area (Å²) in [7, 11) is 0. The van der Waals surface area contributed by atoms with Gasteiger partial charge in [-0.15, -0.1) is 22.7 Å². The molecule has 0 N–H and O–H groups in total. The predicted molar refractivity (Wildman–Crippen MR) is 254 cm³/mol. The Bertz CT molecular complexity index is 3430. The molecule has 2 aliphatic heterocycles. The van der Waals surface area contributed by atoms with E-state index in [9.17, 15) is 0 Å². The van der Waals surface area contributed by atoms with Crippen LogP contribution in [0.4, 0.5) is 17.1 Å². The Hall–Kier alpha value is -5.62. The van der Waals surface area contributed by atoms with Gasteiger partial charge in [-0.1, -0.05) is 125 Å². The summed E-state index contributed by atoms with van der Waals surface area (Å²) >= 11 is 3.92. The summed E-state index contributed by atoms with van der Waals surface area (Å²) in [5.74, 6) is 0. The van der Waals surface area contributed by atoms with Crippen molar-refractivity contribution in [1.82, 2.24) is 4.48 Å². The molecule has 5 heterocycles. The smallest absolute Gasteiger partial charge is 0.334 e.